The van der Waals surface area contributed by atoms with Crippen molar-refractivity contribution >= 4 is 45.6 Å². The number of carbonyl (C=O) groups is 2. The Morgan fingerprint density at radius 2 is 1.75 bits per heavy atom. The van der Waals surface area contributed by atoms with Gasteiger partial charge in [-0.2, -0.15) is 0 Å². The predicted molar refractivity (Wildman–Crippen MR) is 112 cm³/mol. The number of hydrogen-bond donors (Lipinski definition) is 4. The molecule has 6 heteroatoms. The smallest absolute Gasteiger partial charge is 0.325 e. The molecule has 1 amide bonds. The Labute approximate surface area is 161 Å². The Hall–Kier alpha value is -3.80. The van der Waals surface area contributed by atoms with Gasteiger partial charge in [0.2, 0.25) is 6.41 Å². The number of aromatic nitrogens is 1. The van der Waals surface area contributed by atoms with Crippen molar-refractivity contribution in [1.82, 2.24) is 4.98 Å². The summed E-state index contributed by atoms with van der Waals surface area (Å²) in [4.78, 5) is 25.6. The van der Waals surface area contributed by atoms with Gasteiger partial charge in [-0.05, 0) is 34.9 Å². The molecule has 0 unspecified atom stereocenters. The van der Waals surface area contributed by atoms with Crippen LogP contribution < -0.4 is 10.6 Å². The molecule has 3 aromatic carbocycles. The molecule has 1 atom stereocenters. The Morgan fingerprint density at radius 1 is 1.04 bits per heavy atom. The molecule has 6 nitrogen and oxygen atoms in total. The van der Waals surface area contributed by atoms with E-state index in [0.717, 1.165) is 32.8 Å². The second kappa shape index (κ2) is 7.08. The third kappa shape index (κ3) is 2.95. The molecule has 1 aromatic heterocycles. The predicted octanol–water partition coefficient (Wildman–Crippen LogP) is 4.44. The van der Waals surface area contributed by atoms with Crippen molar-refractivity contribution in [1.29, 1.82) is 0 Å². The molecule has 0 fully saturated rings. The minimum absolute atomic E-state index is 0.436. The number of carboxylic acids is 1. The number of carboxylic acid groups (broad SMARTS) is 1. The van der Waals surface area contributed by atoms with Crippen LogP contribution in [-0.4, -0.2) is 28.5 Å². The molecule has 1 heterocycles. The van der Waals surface area contributed by atoms with Crippen LogP contribution in [0.4, 0.5) is 11.5 Å². The molecule has 4 rings (SSSR count). The number of amides is 1. The van der Waals surface area contributed by atoms with E-state index in [1.807, 2.05) is 42.5 Å². The van der Waals surface area contributed by atoms with Gasteiger partial charge in [0.05, 0.1) is 5.69 Å². The van der Waals surface area contributed by atoms with E-state index in [-0.39, 0.29) is 0 Å². The standard InChI is InChI=1S/C22H19N3O3/c1-13(22(27)28)24-20-19-17(10-5-11-18(19)25-21(20)23-12-26)16-9-4-7-14-6-2-3-8-15(14)16/h2-13,24-25H,1H3,(H,23,26)(H,27,28)/t13-/m0/s1. The van der Waals surface area contributed by atoms with E-state index in [0.29, 0.717) is 17.9 Å². The van der Waals surface area contributed by atoms with Gasteiger partial charge in [-0.3, -0.25) is 9.59 Å². The van der Waals surface area contributed by atoms with Crippen molar-refractivity contribution in [2.75, 3.05) is 10.6 Å². The molecule has 140 valence electrons. The van der Waals surface area contributed by atoms with Gasteiger partial charge in [0.1, 0.15) is 11.9 Å². The summed E-state index contributed by atoms with van der Waals surface area (Å²) in [6.45, 7) is 1.56. The van der Waals surface area contributed by atoms with Crippen molar-refractivity contribution in [3.8, 4) is 11.1 Å². The van der Waals surface area contributed by atoms with E-state index in [4.69, 9.17) is 0 Å². The van der Waals surface area contributed by atoms with Gasteiger partial charge in [0.25, 0.3) is 0 Å². The van der Waals surface area contributed by atoms with E-state index in [2.05, 4.69) is 33.8 Å². The average Bonchev–Trinajstić information content (AvgIpc) is 3.05. The highest BCUT2D eigenvalue weighted by Gasteiger charge is 2.20. The monoisotopic (exact) mass is 373 g/mol. The number of carbonyl (C=O) groups excluding carboxylic acids is 1. The number of nitrogens with one attached hydrogen (secondary N) is 3. The van der Waals surface area contributed by atoms with Crippen molar-refractivity contribution < 1.29 is 14.7 Å². The zero-order chi connectivity index (χ0) is 19.7. The average molecular weight is 373 g/mol. The molecule has 28 heavy (non-hydrogen) atoms. The minimum atomic E-state index is -0.978. The minimum Gasteiger partial charge on any atom is -0.480 e. The number of aromatic amines is 1. The van der Waals surface area contributed by atoms with Crippen molar-refractivity contribution in [3.05, 3.63) is 60.7 Å². The lowest BCUT2D eigenvalue weighted by atomic mass is 9.95. The van der Waals surface area contributed by atoms with Crippen LogP contribution in [0, 0.1) is 0 Å². The van der Waals surface area contributed by atoms with Crippen LogP contribution in [-0.2, 0) is 9.59 Å². The maximum atomic E-state index is 11.4. The van der Waals surface area contributed by atoms with Crippen LogP contribution in [0.5, 0.6) is 0 Å². The number of rotatable bonds is 6. The zero-order valence-electron chi connectivity index (χ0n) is 15.2. The Balaban J connectivity index is 2.01. The van der Waals surface area contributed by atoms with Crippen LogP contribution in [0.2, 0.25) is 0 Å². The highest BCUT2D eigenvalue weighted by molar-refractivity contribution is 6.13. The number of anilines is 2. The Morgan fingerprint density at radius 3 is 2.54 bits per heavy atom. The van der Waals surface area contributed by atoms with Gasteiger partial charge < -0.3 is 20.7 Å². The normalized spacial score (nSPS) is 12.0. The molecular weight excluding hydrogens is 354 g/mol. The summed E-state index contributed by atoms with van der Waals surface area (Å²) in [6, 6.07) is 19.2. The zero-order valence-corrected chi connectivity index (χ0v) is 15.2. The van der Waals surface area contributed by atoms with Crippen LogP contribution in [0.25, 0.3) is 32.8 Å². The van der Waals surface area contributed by atoms with Crippen LogP contribution in [0.1, 0.15) is 6.92 Å². The quantitative estimate of drug-likeness (QED) is 0.376. The summed E-state index contributed by atoms with van der Waals surface area (Å²) < 4.78 is 0. The van der Waals surface area contributed by atoms with Crippen molar-refractivity contribution in [2.24, 2.45) is 0 Å². The number of hydrogen-bond acceptors (Lipinski definition) is 3. The molecule has 0 aliphatic heterocycles. The highest BCUT2D eigenvalue weighted by Crippen LogP contribution is 2.41. The summed E-state index contributed by atoms with van der Waals surface area (Å²) in [7, 11) is 0. The molecule has 0 bridgehead atoms. The van der Waals surface area contributed by atoms with Gasteiger partial charge in [0, 0.05) is 10.9 Å². The molecule has 0 saturated carbocycles. The summed E-state index contributed by atoms with van der Waals surface area (Å²) in [5, 5.41) is 18.0. The fourth-order valence-corrected chi connectivity index (χ4v) is 3.52. The maximum absolute atomic E-state index is 11.4. The number of H-pyrrole nitrogens is 1. The first-order valence-electron chi connectivity index (χ1n) is 8.92. The molecule has 0 radical (unpaired) electrons. The first-order chi connectivity index (χ1) is 13.6. The fraction of sp³-hybridized carbons (Fsp3) is 0.0909. The fourth-order valence-electron chi connectivity index (χ4n) is 3.52. The molecule has 4 N–H and O–H groups in total. The van der Waals surface area contributed by atoms with Gasteiger partial charge >= 0.3 is 5.97 Å². The van der Waals surface area contributed by atoms with E-state index < -0.39 is 12.0 Å². The molecule has 0 aliphatic carbocycles. The molecular formula is C22H19N3O3. The molecule has 0 spiro atoms. The third-order valence-corrected chi connectivity index (χ3v) is 4.84. The maximum Gasteiger partial charge on any atom is 0.325 e. The summed E-state index contributed by atoms with van der Waals surface area (Å²) >= 11 is 0. The first-order valence-corrected chi connectivity index (χ1v) is 8.92. The van der Waals surface area contributed by atoms with Gasteiger partial charge in [-0.15, -0.1) is 0 Å². The molecule has 0 aliphatic rings. The van der Waals surface area contributed by atoms with Crippen LogP contribution in [0.3, 0.4) is 0 Å². The lowest BCUT2D eigenvalue weighted by Gasteiger charge is -2.14. The largest absolute Gasteiger partial charge is 0.480 e. The second-order valence-electron chi connectivity index (χ2n) is 6.60. The van der Waals surface area contributed by atoms with Crippen molar-refractivity contribution in [2.45, 2.75) is 13.0 Å². The molecule has 0 saturated heterocycles. The van der Waals surface area contributed by atoms with E-state index in [9.17, 15) is 14.7 Å². The lowest BCUT2D eigenvalue weighted by Crippen LogP contribution is -2.25. The number of aliphatic carboxylic acids is 1. The highest BCUT2D eigenvalue weighted by atomic mass is 16.4. The topological polar surface area (TPSA) is 94.2 Å². The summed E-state index contributed by atoms with van der Waals surface area (Å²) in [5.41, 5.74) is 3.34. The van der Waals surface area contributed by atoms with E-state index in [1.165, 1.54) is 0 Å². The van der Waals surface area contributed by atoms with Gasteiger partial charge in [-0.1, -0.05) is 54.6 Å². The lowest BCUT2D eigenvalue weighted by molar-refractivity contribution is -0.137. The van der Waals surface area contributed by atoms with Gasteiger partial charge in [0.15, 0.2) is 0 Å². The van der Waals surface area contributed by atoms with Gasteiger partial charge in [-0.25, -0.2) is 0 Å². The Kier molecular flexibility index (Phi) is 4.45. The summed E-state index contributed by atoms with van der Waals surface area (Å²) in [5.74, 6) is -0.542. The van der Waals surface area contributed by atoms with E-state index in [1.54, 1.807) is 6.92 Å². The Bertz CT molecular complexity index is 1190. The number of benzene rings is 3. The SMILES string of the molecule is C[C@H](Nc1c(NC=O)[nH]c2cccc(-c3cccc4ccccc34)c12)C(=O)O. The van der Waals surface area contributed by atoms with E-state index >= 15 is 0 Å². The van der Waals surface area contributed by atoms with Crippen LogP contribution in [0.15, 0.2) is 60.7 Å². The molecule has 4 aromatic rings. The second-order valence-corrected chi connectivity index (χ2v) is 6.60. The van der Waals surface area contributed by atoms with Crippen molar-refractivity contribution in [3.63, 3.8) is 0 Å². The number of fused-ring (bicyclic) bond motifs is 2. The van der Waals surface area contributed by atoms with Crippen LogP contribution >= 0.6 is 0 Å². The summed E-state index contributed by atoms with van der Waals surface area (Å²) in [6.07, 6.45) is 0.568. The third-order valence-electron chi connectivity index (χ3n) is 4.84. The first kappa shape index (κ1) is 17.6.